The van der Waals surface area contributed by atoms with Crippen LogP contribution in [0.25, 0.3) is 43.8 Å². The molecule has 0 radical (unpaired) electrons. The summed E-state index contributed by atoms with van der Waals surface area (Å²) < 4.78 is 0. The van der Waals surface area contributed by atoms with Crippen LogP contribution in [0.2, 0.25) is 0 Å². The number of nitrogen functional groups attached to an aromatic ring is 1. The van der Waals surface area contributed by atoms with Gasteiger partial charge in [-0.3, -0.25) is 0 Å². The quantitative estimate of drug-likeness (QED) is 0.273. The summed E-state index contributed by atoms with van der Waals surface area (Å²) in [6.07, 6.45) is 0. The largest absolute Gasteiger partial charge is 0.398 e. The van der Waals surface area contributed by atoms with Crippen LogP contribution in [0.15, 0.2) is 103 Å². The van der Waals surface area contributed by atoms with E-state index in [0.29, 0.717) is 0 Å². The number of fused-ring (bicyclic) bond motifs is 3. The van der Waals surface area contributed by atoms with Gasteiger partial charge in [-0.1, -0.05) is 97.1 Å². The van der Waals surface area contributed by atoms with Gasteiger partial charge in [0.05, 0.1) is 0 Å². The Labute approximate surface area is 158 Å². The van der Waals surface area contributed by atoms with Gasteiger partial charge in [0.25, 0.3) is 0 Å². The van der Waals surface area contributed by atoms with E-state index >= 15 is 0 Å². The van der Waals surface area contributed by atoms with Crippen LogP contribution in [-0.2, 0) is 0 Å². The third kappa shape index (κ3) is 2.56. The Balaban J connectivity index is 1.97. The smallest absolute Gasteiger partial charge is 0.0479 e. The molecule has 5 aromatic carbocycles. The average molecular weight is 345 g/mol. The maximum absolute atomic E-state index is 6.76. The first kappa shape index (κ1) is 15.7. The first-order valence-electron chi connectivity index (χ1n) is 9.18. The predicted molar refractivity (Wildman–Crippen MR) is 117 cm³/mol. The van der Waals surface area contributed by atoms with Crippen LogP contribution in [0.3, 0.4) is 0 Å². The summed E-state index contributed by atoms with van der Waals surface area (Å²) in [7, 11) is 0. The summed E-state index contributed by atoms with van der Waals surface area (Å²) in [6.45, 7) is 0. The van der Waals surface area contributed by atoms with Crippen molar-refractivity contribution < 1.29 is 0 Å². The average Bonchev–Trinajstić information content (AvgIpc) is 2.74. The van der Waals surface area contributed by atoms with Crippen molar-refractivity contribution in [3.8, 4) is 22.3 Å². The molecule has 0 bridgehead atoms. The highest BCUT2D eigenvalue weighted by molar-refractivity contribution is 6.17. The van der Waals surface area contributed by atoms with Gasteiger partial charge < -0.3 is 5.73 Å². The standard InChI is InChI=1S/C26H19N/c27-26-23(18-9-3-1-4-10-18)17-24-21-14-8-7-11-19(21)15-16-22(24)25(26)20-12-5-2-6-13-20/h1-17H,27H2. The van der Waals surface area contributed by atoms with Crippen LogP contribution >= 0.6 is 0 Å². The maximum Gasteiger partial charge on any atom is 0.0479 e. The summed E-state index contributed by atoms with van der Waals surface area (Å²) in [4.78, 5) is 0. The molecule has 27 heavy (non-hydrogen) atoms. The van der Waals surface area contributed by atoms with Crippen molar-refractivity contribution in [2.45, 2.75) is 0 Å². The highest BCUT2D eigenvalue weighted by Gasteiger charge is 2.15. The molecule has 5 rings (SSSR count). The fourth-order valence-electron chi connectivity index (χ4n) is 3.94. The Hall–Kier alpha value is -3.58. The summed E-state index contributed by atoms with van der Waals surface area (Å²) in [6, 6.07) is 36.0. The Morgan fingerprint density at radius 2 is 1.11 bits per heavy atom. The number of rotatable bonds is 2. The fraction of sp³-hybridized carbons (Fsp3) is 0. The van der Waals surface area contributed by atoms with E-state index in [1.54, 1.807) is 0 Å². The van der Waals surface area contributed by atoms with Gasteiger partial charge in [0.1, 0.15) is 0 Å². The maximum atomic E-state index is 6.76. The zero-order valence-electron chi connectivity index (χ0n) is 14.9. The summed E-state index contributed by atoms with van der Waals surface area (Å²) >= 11 is 0. The molecule has 0 aliphatic carbocycles. The Kier molecular flexibility index (Phi) is 3.65. The second-order valence-electron chi connectivity index (χ2n) is 6.83. The molecule has 0 saturated heterocycles. The van der Waals surface area contributed by atoms with Crippen molar-refractivity contribution >= 4 is 27.2 Å². The van der Waals surface area contributed by atoms with Crippen LogP contribution < -0.4 is 5.73 Å². The Bertz CT molecular complexity index is 1260. The third-order valence-electron chi connectivity index (χ3n) is 5.24. The minimum absolute atomic E-state index is 0.829. The Morgan fingerprint density at radius 1 is 0.481 bits per heavy atom. The first-order valence-corrected chi connectivity index (χ1v) is 9.18. The van der Waals surface area contributed by atoms with E-state index in [9.17, 15) is 0 Å². The highest BCUT2D eigenvalue weighted by atomic mass is 14.6. The molecule has 2 N–H and O–H groups in total. The van der Waals surface area contributed by atoms with Crippen molar-refractivity contribution in [1.82, 2.24) is 0 Å². The molecule has 0 amide bonds. The van der Waals surface area contributed by atoms with Gasteiger partial charge in [-0.15, -0.1) is 0 Å². The molecule has 0 atom stereocenters. The zero-order chi connectivity index (χ0) is 18.2. The van der Waals surface area contributed by atoms with Gasteiger partial charge in [-0.05, 0) is 38.7 Å². The van der Waals surface area contributed by atoms with Crippen molar-refractivity contribution in [2.24, 2.45) is 0 Å². The van der Waals surface area contributed by atoms with Gasteiger partial charge in [0, 0.05) is 16.8 Å². The molecular formula is C26H19N. The monoisotopic (exact) mass is 345 g/mol. The van der Waals surface area contributed by atoms with Crippen LogP contribution in [0, 0.1) is 0 Å². The normalized spacial score (nSPS) is 11.1. The first-order chi connectivity index (χ1) is 13.3. The molecule has 0 fully saturated rings. The summed E-state index contributed by atoms with van der Waals surface area (Å²) in [5, 5.41) is 4.93. The van der Waals surface area contributed by atoms with E-state index in [1.807, 2.05) is 12.1 Å². The highest BCUT2D eigenvalue weighted by Crippen LogP contribution is 2.42. The van der Waals surface area contributed by atoms with Gasteiger partial charge in [-0.2, -0.15) is 0 Å². The molecule has 0 heterocycles. The summed E-state index contributed by atoms with van der Waals surface area (Å²) in [5.74, 6) is 0. The Morgan fingerprint density at radius 3 is 1.85 bits per heavy atom. The van der Waals surface area contributed by atoms with E-state index in [2.05, 4.69) is 91.0 Å². The van der Waals surface area contributed by atoms with E-state index in [1.165, 1.54) is 21.5 Å². The van der Waals surface area contributed by atoms with Crippen LogP contribution in [0.1, 0.15) is 0 Å². The van der Waals surface area contributed by atoms with Crippen LogP contribution in [-0.4, -0.2) is 0 Å². The van der Waals surface area contributed by atoms with Gasteiger partial charge in [-0.25, -0.2) is 0 Å². The number of benzene rings is 5. The number of hydrogen-bond acceptors (Lipinski definition) is 1. The topological polar surface area (TPSA) is 26.0 Å². The van der Waals surface area contributed by atoms with E-state index in [4.69, 9.17) is 5.73 Å². The molecule has 0 saturated carbocycles. The van der Waals surface area contributed by atoms with E-state index < -0.39 is 0 Å². The molecule has 0 aromatic heterocycles. The van der Waals surface area contributed by atoms with Crippen molar-refractivity contribution in [1.29, 1.82) is 0 Å². The lowest BCUT2D eigenvalue weighted by Gasteiger charge is -2.17. The minimum atomic E-state index is 0.829. The number of anilines is 1. The minimum Gasteiger partial charge on any atom is -0.398 e. The zero-order valence-corrected chi connectivity index (χ0v) is 14.9. The van der Waals surface area contributed by atoms with Gasteiger partial charge in [0.2, 0.25) is 0 Å². The fourth-order valence-corrected chi connectivity index (χ4v) is 3.94. The molecule has 5 aromatic rings. The van der Waals surface area contributed by atoms with E-state index in [-0.39, 0.29) is 0 Å². The lowest BCUT2D eigenvalue weighted by atomic mass is 9.89. The molecule has 0 aliphatic rings. The van der Waals surface area contributed by atoms with Crippen molar-refractivity contribution in [2.75, 3.05) is 5.73 Å². The van der Waals surface area contributed by atoms with E-state index in [0.717, 1.165) is 27.9 Å². The molecular weight excluding hydrogens is 326 g/mol. The molecule has 0 aliphatic heterocycles. The lowest BCUT2D eigenvalue weighted by molar-refractivity contribution is 1.61. The molecule has 128 valence electrons. The molecule has 0 unspecified atom stereocenters. The van der Waals surface area contributed by atoms with Gasteiger partial charge in [0.15, 0.2) is 0 Å². The number of nitrogens with two attached hydrogens (primary N) is 1. The molecule has 1 nitrogen and oxygen atoms in total. The van der Waals surface area contributed by atoms with Gasteiger partial charge >= 0.3 is 0 Å². The molecule has 0 spiro atoms. The second kappa shape index (κ2) is 6.30. The van der Waals surface area contributed by atoms with Crippen LogP contribution in [0.4, 0.5) is 5.69 Å². The lowest BCUT2D eigenvalue weighted by Crippen LogP contribution is -1.96. The second-order valence-corrected chi connectivity index (χ2v) is 6.83. The molecule has 1 heteroatoms. The predicted octanol–water partition coefficient (Wildman–Crippen LogP) is 6.91. The number of hydrogen-bond donors (Lipinski definition) is 1. The SMILES string of the molecule is Nc1c(-c2ccccc2)cc2c(ccc3ccccc32)c1-c1ccccc1. The van der Waals surface area contributed by atoms with Crippen molar-refractivity contribution in [3.63, 3.8) is 0 Å². The third-order valence-corrected chi connectivity index (χ3v) is 5.24. The van der Waals surface area contributed by atoms with Crippen molar-refractivity contribution in [3.05, 3.63) is 103 Å². The van der Waals surface area contributed by atoms with Crippen LogP contribution in [0.5, 0.6) is 0 Å². The summed E-state index contributed by atoms with van der Waals surface area (Å²) in [5.41, 5.74) is 12.1.